The van der Waals surface area contributed by atoms with Crippen molar-refractivity contribution in [1.29, 1.82) is 0 Å². The number of para-hydroxylation sites is 4. The van der Waals surface area contributed by atoms with Crippen molar-refractivity contribution in [3.8, 4) is 56.7 Å². The van der Waals surface area contributed by atoms with E-state index in [0.29, 0.717) is 17.5 Å². The van der Waals surface area contributed by atoms with Gasteiger partial charge in [-0.3, -0.25) is 0 Å². The van der Waals surface area contributed by atoms with Gasteiger partial charge in [0.25, 0.3) is 0 Å². The first-order chi connectivity index (χ1) is 27.8. The zero-order valence-corrected chi connectivity index (χ0v) is 30.3. The molecule has 262 valence electrons. The van der Waals surface area contributed by atoms with E-state index in [1.54, 1.807) is 0 Å². The molecule has 8 aromatic carbocycles. The van der Waals surface area contributed by atoms with E-state index >= 15 is 0 Å². The minimum atomic E-state index is 0.630. The van der Waals surface area contributed by atoms with E-state index in [4.69, 9.17) is 15.0 Å². The third-order valence-corrected chi connectivity index (χ3v) is 10.8. The molecule has 0 unspecified atom stereocenters. The molecule has 3 aromatic heterocycles. The van der Waals surface area contributed by atoms with E-state index in [2.05, 4.69) is 149 Å². The van der Waals surface area contributed by atoms with Crippen molar-refractivity contribution in [3.63, 3.8) is 0 Å². The highest BCUT2D eigenvalue weighted by Crippen LogP contribution is 2.44. The van der Waals surface area contributed by atoms with Gasteiger partial charge in [0.1, 0.15) is 0 Å². The molecule has 0 bridgehead atoms. The molecule has 0 atom stereocenters. The molecule has 0 aliphatic carbocycles. The second-order valence-electron chi connectivity index (χ2n) is 14.0. The van der Waals surface area contributed by atoms with E-state index in [9.17, 15) is 0 Å². The predicted octanol–water partition coefficient (Wildman–Crippen LogP) is 12.7. The summed E-state index contributed by atoms with van der Waals surface area (Å²) in [4.78, 5) is 15.0. The summed E-state index contributed by atoms with van der Waals surface area (Å²) in [5.74, 6) is 1.92. The number of rotatable bonds is 6. The van der Waals surface area contributed by atoms with Gasteiger partial charge >= 0.3 is 0 Å². The van der Waals surface area contributed by atoms with Gasteiger partial charge in [-0.2, -0.15) is 0 Å². The van der Waals surface area contributed by atoms with Gasteiger partial charge in [0.05, 0.1) is 27.8 Å². The summed E-state index contributed by atoms with van der Waals surface area (Å²) in [5, 5.41) is 4.86. The first-order valence-corrected chi connectivity index (χ1v) is 18.9. The maximum Gasteiger partial charge on any atom is 0.164 e. The first-order valence-electron chi connectivity index (χ1n) is 18.9. The van der Waals surface area contributed by atoms with Crippen molar-refractivity contribution >= 4 is 43.6 Å². The highest BCUT2D eigenvalue weighted by Gasteiger charge is 2.23. The Bertz CT molecular complexity index is 3110. The molecule has 0 saturated carbocycles. The van der Waals surface area contributed by atoms with Crippen molar-refractivity contribution < 1.29 is 0 Å². The van der Waals surface area contributed by atoms with Crippen molar-refractivity contribution in [1.82, 2.24) is 24.1 Å². The van der Waals surface area contributed by atoms with Crippen LogP contribution in [-0.4, -0.2) is 24.1 Å². The van der Waals surface area contributed by atoms with Crippen molar-refractivity contribution in [2.45, 2.75) is 0 Å². The van der Waals surface area contributed by atoms with Crippen LogP contribution in [0.25, 0.3) is 100 Å². The summed E-state index contributed by atoms with van der Waals surface area (Å²) in [6, 6.07) is 70.4. The molecule has 0 radical (unpaired) electrons. The van der Waals surface area contributed by atoms with Crippen LogP contribution >= 0.6 is 0 Å². The van der Waals surface area contributed by atoms with Gasteiger partial charge in [0.2, 0.25) is 0 Å². The van der Waals surface area contributed by atoms with E-state index in [1.165, 1.54) is 32.6 Å². The molecule has 0 saturated heterocycles. The summed E-state index contributed by atoms with van der Waals surface area (Å²) in [6.45, 7) is 0. The quantitative estimate of drug-likeness (QED) is 0.172. The van der Waals surface area contributed by atoms with Crippen molar-refractivity contribution in [2.24, 2.45) is 0 Å². The van der Waals surface area contributed by atoms with Crippen LogP contribution in [-0.2, 0) is 0 Å². The Morgan fingerprint density at radius 1 is 0.286 bits per heavy atom. The second-order valence-corrected chi connectivity index (χ2v) is 14.0. The third kappa shape index (κ3) is 5.13. The van der Waals surface area contributed by atoms with Gasteiger partial charge in [0, 0.05) is 49.5 Å². The summed E-state index contributed by atoms with van der Waals surface area (Å²) in [7, 11) is 0. The smallest absolute Gasteiger partial charge is 0.164 e. The minimum Gasteiger partial charge on any atom is -0.309 e. The Kier molecular flexibility index (Phi) is 7.42. The SMILES string of the molecule is c1ccc(-c2nc(-c3ccccc3)nc(-c3ccc(-c4c(-n5c6ccccc6c6ccccc65)ccc5c4c4ccccc4n5-c4ccccc4)cc3)n2)cc1. The van der Waals surface area contributed by atoms with Crippen LogP contribution in [0.2, 0.25) is 0 Å². The van der Waals surface area contributed by atoms with Crippen molar-refractivity contribution in [3.05, 3.63) is 200 Å². The molecule has 5 nitrogen and oxygen atoms in total. The number of hydrogen-bond donors (Lipinski definition) is 0. The Morgan fingerprint density at radius 3 is 1.23 bits per heavy atom. The van der Waals surface area contributed by atoms with Crippen LogP contribution in [0.4, 0.5) is 0 Å². The first kappa shape index (κ1) is 31.9. The molecule has 11 aromatic rings. The summed E-state index contributed by atoms with van der Waals surface area (Å²) in [5.41, 5.74) is 12.0. The maximum absolute atomic E-state index is 5.03. The molecule has 0 N–H and O–H groups in total. The highest BCUT2D eigenvalue weighted by atomic mass is 15.0. The number of nitrogens with zero attached hydrogens (tertiary/aromatic N) is 5. The van der Waals surface area contributed by atoms with Crippen LogP contribution < -0.4 is 0 Å². The lowest BCUT2D eigenvalue weighted by atomic mass is 9.96. The lowest BCUT2D eigenvalue weighted by Gasteiger charge is -2.17. The summed E-state index contributed by atoms with van der Waals surface area (Å²) < 4.78 is 4.82. The van der Waals surface area contributed by atoms with Gasteiger partial charge in [-0.05, 0) is 48.0 Å². The number of fused-ring (bicyclic) bond motifs is 6. The van der Waals surface area contributed by atoms with Crippen LogP contribution in [0.3, 0.4) is 0 Å². The lowest BCUT2D eigenvalue weighted by Crippen LogP contribution is -2.00. The average Bonchev–Trinajstić information content (AvgIpc) is 3.80. The van der Waals surface area contributed by atoms with E-state index < -0.39 is 0 Å². The average molecular weight is 716 g/mol. The Hall–Kier alpha value is -7.63. The van der Waals surface area contributed by atoms with Crippen LogP contribution in [0.1, 0.15) is 0 Å². The molecule has 0 aliphatic rings. The number of benzene rings is 8. The zero-order valence-electron chi connectivity index (χ0n) is 30.3. The standard InChI is InChI=1S/C51H33N5/c1-4-16-35(17-5-1)49-52-50(36-18-6-2-7-19-36)54-51(53-49)37-30-28-34(29-31-37)47-45(56-42-25-13-10-22-39(42)40-23-11-14-26-43(40)56)32-33-46-48(47)41-24-12-15-27-44(41)55(46)38-20-8-3-9-21-38/h1-33H. The van der Waals surface area contributed by atoms with Gasteiger partial charge < -0.3 is 9.13 Å². The molecule has 0 aliphatic heterocycles. The maximum atomic E-state index is 5.03. The predicted molar refractivity (Wildman–Crippen MR) is 230 cm³/mol. The molecule has 56 heavy (non-hydrogen) atoms. The Labute approximate surface area is 323 Å². The van der Waals surface area contributed by atoms with E-state index in [1.807, 2.05) is 60.7 Å². The largest absolute Gasteiger partial charge is 0.309 e. The molecule has 11 rings (SSSR count). The second kappa shape index (κ2) is 13.0. The minimum absolute atomic E-state index is 0.630. The topological polar surface area (TPSA) is 48.5 Å². The Balaban J connectivity index is 1.18. The van der Waals surface area contributed by atoms with Gasteiger partial charge in [-0.25, -0.2) is 15.0 Å². The summed E-state index contributed by atoms with van der Waals surface area (Å²) in [6.07, 6.45) is 0. The van der Waals surface area contributed by atoms with E-state index in [0.717, 1.165) is 50.2 Å². The van der Waals surface area contributed by atoms with Gasteiger partial charge in [0.15, 0.2) is 17.5 Å². The molecular formula is C51H33N5. The molecule has 0 spiro atoms. The van der Waals surface area contributed by atoms with E-state index in [-0.39, 0.29) is 0 Å². The van der Waals surface area contributed by atoms with Gasteiger partial charge in [-0.15, -0.1) is 0 Å². The van der Waals surface area contributed by atoms with Crippen LogP contribution in [0.5, 0.6) is 0 Å². The monoisotopic (exact) mass is 715 g/mol. The fraction of sp³-hybridized carbons (Fsp3) is 0. The molecule has 0 fully saturated rings. The zero-order chi connectivity index (χ0) is 37.0. The van der Waals surface area contributed by atoms with Gasteiger partial charge in [-0.1, -0.05) is 158 Å². The molecular weight excluding hydrogens is 683 g/mol. The fourth-order valence-corrected chi connectivity index (χ4v) is 8.29. The van der Waals surface area contributed by atoms with Crippen LogP contribution in [0.15, 0.2) is 200 Å². The molecule has 5 heteroatoms. The molecule has 0 amide bonds. The lowest BCUT2D eigenvalue weighted by molar-refractivity contribution is 1.07. The Morgan fingerprint density at radius 2 is 0.696 bits per heavy atom. The fourth-order valence-electron chi connectivity index (χ4n) is 8.29. The number of hydrogen-bond acceptors (Lipinski definition) is 3. The number of aromatic nitrogens is 5. The molecule has 3 heterocycles. The highest BCUT2D eigenvalue weighted by molar-refractivity contribution is 6.19. The van der Waals surface area contributed by atoms with Crippen molar-refractivity contribution in [2.75, 3.05) is 0 Å². The third-order valence-electron chi connectivity index (χ3n) is 10.8. The normalized spacial score (nSPS) is 11.6. The van der Waals surface area contributed by atoms with Crippen LogP contribution in [0, 0.1) is 0 Å². The summed E-state index contributed by atoms with van der Waals surface area (Å²) >= 11 is 0.